The second-order valence-corrected chi connectivity index (χ2v) is 5.36. The number of aryl methyl sites for hydroxylation is 1. The zero-order valence-corrected chi connectivity index (χ0v) is 12.6. The first kappa shape index (κ1) is 13.6. The van der Waals surface area contributed by atoms with Crippen molar-refractivity contribution in [3.05, 3.63) is 35.2 Å². The molecule has 0 aliphatic carbocycles. The van der Waals surface area contributed by atoms with E-state index in [9.17, 15) is 0 Å². The average Bonchev–Trinajstić information content (AvgIpc) is 2.96. The molecule has 6 heteroatoms. The van der Waals surface area contributed by atoms with E-state index in [2.05, 4.69) is 16.9 Å². The van der Waals surface area contributed by atoms with Gasteiger partial charge in [-0.2, -0.15) is 4.98 Å². The van der Waals surface area contributed by atoms with E-state index in [0.717, 1.165) is 16.6 Å². The monoisotopic (exact) mass is 301 g/mol. The third-order valence-electron chi connectivity index (χ3n) is 3.15. The Balaban J connectivity index is 2.04. The van der Waals surface area contributed by atoms with Crippen LogP contribution in [0.2, 0.25) is 0 Å². The highest BCUT2D eigenvalue weighted by atomic mass is 32.1. The zero-order chi connectivity index (χ0) is 14.8. The Labute approximate surface area is 126 Å². The van der Waals surface area contributed by atoms with Crippen molar-refractivity contribution in [1.82, 2.24) is 9.97 Å². The van der Waals surface area contributed by atoms with Gasteiger partial charge < -0.3 is 15.2 Å². The Kier molecular flexibility index (Phi) is 3.62. The third kappa shape index (κ3) is 2.62. The molecule has 3 rings (SSSR count). The molecule has 1 aromatic carbocycles. The summed E-state index contributed by atoms with van der Waals surface area (Å²) in [5, 5.41) is 2.78. The molecule has 0 aliphatic heterocycles. The fourth-order valence-corrected chi connectivity index (χ4v) is 2.80. The molecule has 0 fully saturated rings. The lowest BCUT2D eigenvalue weighted by atomic mass is 10.1. The summed E-state index contributed by atoms with van der Waals surface area (Å²) in [6.45, 7) is 2.09. The number of hydrogen-bond acceptors (Lipinski definition) is 6. The normalized spacial score (nSPS) is 10.8. The number of nitrogens with zero attached hydrogens (tertiary/aromatic N) is 2. The van der Waals surface area contributed by atoms with Gasteiger partial charge in [0, 0.05) is 0 Å². The van der Waals surface area contributed by atoms with Crippen molar-refractivity contribution in [2.45, 2.75) is 13.3 Å². The number of hydrogen-bond donors (Lipinski definition) is 1. The van der Waals surface area contributed by atoms with E-state index in [1.807, 2.05) is 29.6 Å². The van der Waals surface area contributed by atoms with E-state index < -0.39 is 0 Å². The van der Waals surface area contributed by atoms with E-state index in [1.54, 1.807) is 7.11 Å². The molecule has 0 bridgehead atoms. The van der Waals surface area contributed by atoms with Crippen molar-refractivity contribution in [3.8, 4) is 17.4 Å². The first-order chi connectivity index (χ1) is 10.2. The number of nitrogen functional groups attached to an aromatic ring is 1. The Hall–Kier alpha value is -2.34. The standard InChI is InChI=1S/C15H15N3O2S/c1-3-9-4-5-11(12(8-9)19-2)20-13-10-6-7-21-14(10)18-15(16)17-13/h4-8H,3H2,1-2H3,(H2,16,17,18). The number of ether oxygens (including phenoxy) is 2. The molecule has 2 heterocycles. The summed E-state index contributed by atoms with van der Waals surface area (Å²) in [4.78, 5) is 9.17. The minimum Gasteiger partial charge on any atom is -0.493 e. The molecule has 0 amide bonds. The molecule has 0 saturated carbocycles. The lowest BCUT2D eigenvalue weighted by Crippen LogP contribution is -1.98. The summed E-state index contributed by atoms with van der Waals surface area (Å²) in [6.07, 6.45) is 0.936. The van der Waals surface area contributed by atoms with Crippen LogP contribution >= 0.6 is 11.3 Å². The van der Waals surface area contributed by atoms with Gasteiger partial charge in [-0.25, -0.2) is 4.98 Å². The van der Waals surface area contributed by atoms with Crippen LogP contribution < -0.4 is 15.2 Å². The molecule has 108 valence electrons. The van der Waals surface area contributed by atoms with Crippen LogP contribution in [0.4, 0.5) is 5.95 Å². The number of methoxy groups -OCH3 is 1. The fourth-order valence-electron chi connectivity index (χ4n) is 2.04. The highest BCUT2D eigenvalue weighted by Gasteiger charge is 2.12. The van der Waals surface area contributed by atoms with Crippen molar-refractivity contribution in [3.63, 3.8) is 0 Å². The molecule has 21 heavy (non-hydrogen) atoms. The summed E-state index contributed by atoms with van der Waals surface area (Å²) in [6, 6.07) is 7.77. The first-order valence-corrected chi connectivity index (χ1v) is 7.44. The molecule has 0 atom stereocenters. The maximum absolute atomic E-state index is 5.90. The van der Waals surface area contributed by atoms with Crippen LogP contribution in [0.1, 0.15) is 12.5 Å². The van der Waals surface area contributed by atoms with Crippen molar-refractivity contribution in [2.24, 2.45) is 0 Å². The summed E-state index contributed by atoms with van der Waals surface area (Å²) >= 11 is 1.50. The number of aromatic nitrogens is 2. The van der Waals surface area contributed by atoms with Crippen LogP contribution in [0, 0.1) is 0 Å². The van der Waals surface area contributed by atoms with Crippen LogP contribution in [-0.4, -0.2) is 17.1 Å². The molecule has 2 aromatic heterocycles. The topological polar surface area (TPSA) is 70.3 Å². The maximum Gasteiger partial charge on any atom is 0.233 e. The van der Waals surface area contributed by atoms with Crippen LogP contribution in [0.5, 0.6) is 17.4 Å². The Bertz CT molecular complexity index is 786. The largest absolute Gasteiger partial charge is 0.493 e. The van der Waals surface area contributed by atoms with Crippen LogP contribution in [0.15, 0.2) is 29.6 Å². The molecule has 2 N–H and O–H groups in total. The van der Waals surface area contributed by atoms with Gasteiger partial charge in [-0.15, -0.1) is 11.3 Å². The number of anilines is 1. The number of benzene rings is 1. The molecule has 5 nitrogen and oxygen atoms in total. The molecular formula is C15H15N3O2S. The third-order valence-corrected chi connectivity index (χ3v) is 3.96. The summed E-state index contributed by atoms with van der Waals surface area (Å²) in [5.74, 6) is 1.93. The van der Waals surface area contributed by atoms with Gasteiger partial charge >= 0.3 is 0 Å². The first-order valence-electron chi connectivity index (χ1n) is 6.56. The second kappa shape index (κ2) is 5.57. The quantitative estimate of drug-likeness (QED) is 0.796. The Morgan fingerprint density at radius 3 is 2.81 bits per heavy atom. The predicted molar refractivity (Wildman–Crippen MR) is 84.3 cm³/mol. The van der Waals surface area contributed by atoms with Gasteiger partial charge in [0.05, 0.1) is 12.5 Å². The van der Waals surface area contributed by atoms with Crippen molar-refractivity contribution >= 4 is 27.5 Å². The fraction of sp³-hybridized carbons (Fsp3) is 0.200. The smallest absolute Gasteiger partial charge is 0.233 e. The summed E-state index contributed by atoms with van der Waals surface area (Å²) in [5.41, 5.74) is 6.91. The molecule has 0 radical (unpaired) electrons. The second-order valence-electron chi connectivity index (χ2n) is 4.47. The van der Waals surface area contributed by atoms with E-state index >= 15 is 0 Å². The van der Waals surface area contributed by atoms with Gasteiger partial charge in [0.1, 0.15) is 4.83 Å². The molecule has 3 aromatic rings. The van der Waals surface area contributed by atoms with E-state index in [0.29, 0.717) is 17.4 Å². The van der Waals surface area contributed by atoms with Gasteiger partial charge in [-0.1, -0.05) is 13.0 Å². The average molecular weight is 301 g/mol. The van der Waals surface area contributed by atoms with Crippen molar-refractivity contribution < 1.29 is 9.47 Å². The van der Waals surface area contributed by atoms with E-state index in [-0.39, 0.29) is 5.95 Å². The maximum atomic E-state index is 5.90. The molecule has 0 aliphatic rings. The number of rotatable bonds is 4. The minimum atomic E-state index is 0.198. The van der Waals surface area contributed by atoms with Gasteiger partial charge in [0.15, 0.2) is 11.5 Å². The summed E-state index contributed by atoms with van der Waals surface area (Å²) in [7, 11) is 1.62. The lowest BCUT2D eigenvalue weighted by molar-refractivity contribution is 0.375. The number of fused-ring (bicyclic) bond motifs is 1. The van der Waals surface area contributed by atoms with Crippen LogP contribution in [0.3, 0.4) is 0 Å². The molecule has 0 spiro atoms. The number of thiophene rings is 1. The molecule has 0 saturated heterocycles. The van der Waals surface area contributed by atoms with Gasteiger partial charge in [0.25, 0.3) is 0 Å². The van der Waals surface area contributed by atoms with Gasteiger partial charge in [0.2, 0.25) is 11.8 Å². The van der Waals surface area contributed by atoms with Crippen LogP contribution in [0.25, 0.3) is 10.2 Å². The van der Waals surface area contributed by atoms with Crippen molar-refractivity contribution in [2.75, 3.05) is 12.8 Å². The Morgan fingerprint density at radius 2 is 2.05 bits per heavy atom. The van der Waals surface area contributed by atoms with Gasteiger partial charge in [-0.3, -0.25) is 0 Å². The van der Waals surface area contributed by atoms with E-state index in [4.69, 9.17) is 15.2 Å². The zero-order valence-electron chi connectivity index (χ0n) is 11.8. The highest BCUT2D eigenvalue weighted by Crippen LogP contribution is 2.35. The van der Waals surface area contributed by atoms with Crippen molar-refractivity contribution in [1.29, 1.82) is 0 Å². The molecule has 0 unspecified atom stereocenters. The summed E-state index contributed by atoms with van der Waals surface area (Å²) < 4.78 is 11.3. The van der Waals surface area contributed by atoms with E-state index in [1.165, 1.54) is 16.9 Å². The lowest BCUT2D eigenvalue weighted by Gasteiger charge is -2.11. The SMILES string of the molecule is CCc1ccc(Oc2nc(N)nc3sccc23)c(OC)c1. The van der Waals surface area contributed by atoms with Crippen LogP contribution in [-0.2, 0) is 6.42 Å². The highest BCUT2D eigenvalue weighted by molar-refractivity contribution is 7.16. The van der Waals surface area contributed by atoms with Gasteiger partial charge in [-0.05, 0) is 35.6 Å². The molecular weight excluding hydrogens is 286 g/mol. The predicted octanol–water partition coefficient (Wildman–Crippen LogP) is 3.64. The number of nitrogens with two attached hydrogens (primary N) is 1. The minimum absolute atomic E-state index is 0.198. The Morgan fingerprint density at radius 1 is 1.19 bits per heavy atom.